The van der Waals surface area contributed by atoms with E-state index in [0.717, 1.165) is 35.6 Å². The number of alkyl halides is 3. The molecule has 0 aliphatic carbocycles. The Bertz CT molecular complexity index is 786. The topological polar surface area (TPSA) is 38.3 Å². The molecule has 1 N–H and O–H groups in total. The smallest absolute Gasteiger partial charge is 0.416 e. The van der Waals surface area contributed by atoms with E-state index in [-0.39, 0.29) is 10.6 Å². The molecule has 3 nitrogen and oxygen atoms in total. The highest BCUT2D eigenvalue weighted by Crippen LogP contribution is 2.32. The van der Waals surface area contributed by atoms with Crippen LogP contribution in [0.1, 0.15) is 16.7 Å². The summed E-state index contributed by atoms with van der Waals surface area (Å²) in [5.41, 5.74) is 0.337. The number of rotatable bonds is 6. The Labute approximate surface area is 154 Å². The van der Waals surface area contributed by atoms with Crippen LogP contribution in [0.15, 0.2) is 48.5 Å². The number of ether oxygens (including phenoxy) is 1. The summed E-state index contributed by atoms with van der Waals surface area (Å²) in [4.78, 5) is 11.8. The van der Waals surface area contributed by atoms with Crippen LogP contribution in [0, 0.1) is 0 Å². The molecule has 26 heavy (non-hydrogen) atoms. The van der Waals surface area contributed by atoms with Crippen LogP contribution in [-0.4, -0.2) is 19.6 Å². The van der Waals surface area contributed by atoms with Crippen molar-refractivity contribution in [3.05, 3.63) is 70.3 Å². The van der Waals surface area contributed by atoms with Crippen LogP contribution in [0.4, 0.5) is 13.2 Å². The molecule has 0 aliphatic heterocycles. The Morgan fingerprint density at radius 1 is 1.19 bits per heavy atom. The molecule has 0 fully saturated rings. The summed E-state index contributed by atoms with van der Waals surface area (Å²) < 4.78 is 43.2. The predicted octanol–water partition coefficient (Wildman–Crippen LogP) is 4.74. The molecule has 2 aromatic carbocycles. The zero-order chi connectivity index (χ0) is 19.2. The molecule has 138 valence electrons. The van der Waals surface area contributed by atoms with Gasteiger partial charge in [-0.05, 0) is 54.0 Å². The highest BCUT2D eigenvalue weighted by Gasteiger charge is 2.30. The molecule has 2 rings (SSSR count). The standard InChI is InChI=1S/C19H17ClF3NO2/c1-26-16-6-2-13(3-7-16)10-11-24-18(25)9-4-14-12-15(19(21,22)23)5-8-17(14)20/h2-9,12H,10-11H2,1H3,(H,24,25)/b9-4+. The van der Waals surface area contributed by atoms with Crippen LogP contribution in [-0.2, 0) is 17.4 Å². The third kappa shape index (κ3) is 5.81. The van der Waals surface area contributed by atoms with Crippen molar-refractivity contribution in [3.63, 3.8) is 0 Å². The van der Waals surface area contributed by atoms with Gasteiger partial charge < -0.3 is 10.1 Å². The molecule has 0 aromatic heterocycles. The lowest BCUT2D eigenvalue weighted by atomic mass is 10.1. The van der Waals surface area contributed by atoms with Crippen LogP contribution in [0.5, 0.6) is 5.75 Å². The Kier molecular flexibility index (Phi) is 6.69. The number of nitrogens with one attached hydrogen (secondary N) is 1. The molecule has 0 heterocycles. The van der Waals surface area contributed by atoms with Crippen molar-refractivity contribution < 1.29 is 22.7 Å². The summed E-state index contributed by atoms with van der Waals surface area (Å²) in [6.07, 6.45) is -1.42. The molecular weight excluding hydrogens is 367 g/mol. The lowest BCUT2D eigenvalue weighted by Gasteiger charge is -2.08. The number of hydrogen-bond acceptors (Lipinski definition) is 2. The maximum absolute atomic E-state index is 12.7. The molecule has 0 radical (unpaired) electrons. The molecule has 0 aliphatic rings. The Hall–Kier alpha value is -2.47. The second-order valence-electron chi connectivity index (χ2n) is 5.46. The van der Waals surface area contributed by atoms with Crippen molar-refractivity contribution in [1.29, 1.82) is 0 Å². The van der Waals surface area contributed by atoms with Gasteiger partial charge in [-0.3, -0.25) is 4.79 Å². The van der Waals surface area contributed by atoms with Gasteiger partial charge in [-0.15, -0.1) is 0 Å². The van der Waals surface area contributed by atoms with E-state index in [4.69, 9.17) is 16.3 Å². The summed E-state index contributed by atoms with van der Waals surface area (Å²) >= 11 is 5.88. The molecule has 0 saturated heterocycles. The van der Waals surface area contributed by atoms with E-state index in [0.29, 0.717) is 13.0 Å². The van der Waals surface area contributed by atoms with Crippen LogP contribution in [0.2, 0.25) is 5.02 Å². The maximum Gasteiger partial charge on any atom is 0.416 e. The number of carbonyl (C=O) groups is 1. The molecule has 0 spiro atoms. The van der Waals surface area contributed by atoms with Crippen molar-refractivity contribution >= 4 is 23.6 Å². The lowest BCUT2D eigenvalue weighted by Crippen LogP contribution is -2.23. The summed E-state index contributed by atoms with van der Waals surface area (Å²) in [5.74, 6) is 0.339. The first-order valence-corrected chi connectivity index (χ1v) is 8.13. The van der Waals surface area contributed by atoms with Crippen LogP contribution < -0.4 is 10.1 Å². The Balaban J connectivity index is 1.90. The van der Waals surface area contributed by atoms with Gasteiger partial charge in [0.1, 0.15) is 5.75 Å². The zero-order valence-electron chi connectivity index (χ0n) is 13.9. The first-order valence-electron chi connectivity index (χ1n) is 7.75. The number of halogens is 4. The molecular formula is C19H17ClF3NO2. The van der Waals surface area contributed by atoms with Crippen LogP contribution in [0.3, 0.4) is 0 Å². The number of hydrogen-bond donors (Lipinski definition) is 1. The normalized spacial score (nSPS) is 11.6. The fraction of sp³-hybridized carbons (Fsp3) is 0.211. The maximum atomic E-state index is 12.7. The number of carbonyl (C=O) groups excluding carboxylic acids is 1. The molecule has 1 amide bonds. The Morgan fingerprint density at radius 3 is 2.50 bits per heavy atom. The van der Waals surface area contributed by atoms with Gasteiger partial charge >= 0.3 is 6.18 Å². The summed E-state index contributed by atoms with van der Waals surface area (Å²) in [7, 11) is 1.58. The van der Waals surface area contributed by atoms with Gasteiger partial charge in [-0.25, -0.2) is 0 Å². The Morgan fingerprint density at radius 2 is 1.88 bits per heavy atom. The summed E-state index contributed by atoms with van der Waals surface area (Å²) in [6, 6.07) is 10.4. The predicted molar refractivity (Wildman–Crippen MR) is 95.2 cm³/mol. The van der Waals surface area contributed by atoms with Gasteiger partial charge in [-0.2, -0.15) is 13.2 Å². The molecule has 2 aromatic rings. The third-order valence-corrected chi connectivity index (χ3v) is 3.95. The van der Waals surface area contributed by atoms with Gasteiger partial charge in [0.2, 0.25) is 5.91 Å². The van der Waals surface area contributed by atoms with Crippen molar-refractivity contribution in [2.75, 3.05) is 13.7 Å². The monoisotopic (exact) mass is 383 g/mol. The summed E-state index contributed by atoms with van der Waals surface area (Å²) in [5, 5.41) is 2.81. The second-order valence-corrected chi connectivity index (χ2v) is 5.86. The van der Waals surface area contributed by atoms with Gasteiger partial charge in [-0.1, -0.05) is 23.7 Å². The number of methoxy groups -OCH3 is 1. The highest BCUT2D eigenvalue weighted by atomic mass is 35.5. The van der Waals surface area contributed by atoms with Gasteiger partial charge in [0.25, 0.3) is 0 Å². The minimum atomic E-state index is -4.46. The fourth-order valence-electron chi connectivity index (χ4n) is 2.19. The quantitative estimate of drug-likeness (QED) is 0.732. The minimum Gasteiger partial charge on any atom is -0.497 e. The average molecular weight is 384 g/mol. The minimum absolute atomic E-state index is 0.131. The fourth-order valence-corrected chi connectivity index (χ4v) is 2.37. The number of amides is 1. The van der Waals surface area contributed by atoms with Gasteiger partial charge in [0.05, 0.1) is 12.7 Å². The SMILES string of the molecule is COc1ccc(CCNC(=O)/C=C/c2cc(C(F)(F)F)ccc2Cl)cc1. The second kappa shape index (κ2) is 8.76. The number of benzene rings is 2. The van der Waals surface area contributed by atoms with E-state index in [2.05, 4.69) is 5.32 Å². The average Bonchev–Trinajstić information content (AvgIpc) is 2.60. The van der Waals surface area contributed by atoms with E-state index >= 15 is 0 Å². The van der Waals surface area contributed by atoms with Gasteiger partial charge in [0.15, 0.2) is 0 Å². The lowest BCUT2D eigenvalue weighted by molar-refractivity contribution is -0.137. The van der Waals surface area contributed by atoms with E-state index in [1.54, 1.807) is 7.11 Å². The van der Waals surface area contributed by atoms with E-state index < -0.39 is 17.6 Å². The van der Waals surface area contributed by atoms with Crippen molar-refractivity contribution in [2.45, 2.75) is 12.6 Å². The van der Waals surface area contributed by atoms with Crippen molar-refractivity contribution in [1.82, 2.24) is 5.32 Å². The molecule has 0 atom stereocenters. The van der Waals surface area contributed by atoms with Crippen LogP contribution >= 0.6 is 11.6 Å². The largest absolute Gasteiger partial charge is 0.497 e. The molecule has 0 bridgehead atoms. The highest BCUT2D eigenvalue weighted by molar-refractivity contribution is 6.32. The third-order valence-electron chi connectivity index (χ3n) is 3.61. The van der Waals surface area contributed by atoms with Crippen molar-refractivity contribution in [2.24, 2.45) is 0 Å². The first kappa shape index (κ1) is 19.8. The molecule has 7 heteroatoms. The van der Waals surface area contributed by atoms with E-state index in [1.165, 1.54) is 6.08 Å². The van der Waals surface area contributed by atoms with E-state index in [1.807, 2.05) is 24.3 Å². The van der Waals surface area contributed by atoms with Crippen molar-refractivity contribution in [3.8, 4) is 5.75 Å². The molecule has 0 unspecified atom stereocenters. The van der Waals surface area contributed by atoms with Gasteiger partial charge in [0, 0.05) is 17.6 Å². The first-order chi connectivity index (χ1) is 12.3. The van der Waals surface area contributed by atoms with E-state index in [9.17, 15) is 18.0 Å². The zero-order valence-corrected chi connectivity index (χ0v) is 14.7. The van der Waals surface area contributed by atoms with Crippen LogP contribution in [0.25, 0.3) is 6.08 Å². The summed E-state index contributed by atoms with van der Waals surface area (Å²) in [6.45, 7) is 0.395. The molecule has 0 saturated carbocycles.